The number of anilines is 1. The first kappa shape index (κ1) is 23.1. The predicted molar refractivity (Wildman–Crippen MR) is 120 cm³/mol. The molecule has 2 N–H and O–H groups in total. The van der Waals surface area contributed by atoms with E-state index >= 15 is 0 Å². The Kier molecular flexibility index (Phi) is 7.23. The molecule has 8 nitrogen and oxygen atoms in total. The summed E-state index contributed by atoms with van der Waals surface area (Å²) in [6, 6.07) is 9.81. The van der Waals surface area contributed by atoms with E-state index in [9.17, 15) is 4.79 Å². The number of aromatic nitrogens is 2. The third-order valence-corrected chi connectivity index (χ3v) is 5.09. The number of amides is 1. The zero-order valence-electron chi connectivity index (χ0n) is 18.5. The number of nitrogen functional groups attached to an aromatic ring is 1. The van der Waals surface area contributed by atoms with Gasteiger partial charge in [-0.1, -0.05) is 35.9 Å². The minimum atomic E-state index is -0.476. The molecule has 31 heavy (non-hydrogen) atoms. The third kappa shape index (κ3) is 6.70. The van der Waals surface area contributed by atoms with Crippen molar-refractivity contribution in [3.63, 3.8) is 0 Å². The fraction of sp³-hybridized carbons (Fsp3) is 0.500. The van der Waals surface area contributed by atoms with Gasteiger partial charge in [0.2, 0.25) is 0 Å². The number of carbonyl (C=O) groups is 1. The van der Waals surface area contributed by atoms with Gasteiger partial charge in [-0.25, -0.2) is 4.79 Å². The highest BCUT2D eigenvalue weighted by molar-refractivity contribution is 6.29. The summed E-state index contributed by atoms with van der Waals surface area (Å²) >= 11 is 5.89. The second-order valence-corrected chi connectivity index (χ2v) is 9.05. The van der Waals surface area contributed by atoms with E-state index in [-0.39, 0.29) is 23.2 Å². The standard InChI is InChI=1S/C22H30ClN5O3/c1-15(30-18-13-19(23)25-26-20(18)24)17-7-5-6-16(12-17)14-27-8-10-28(11-9-27)21(29)31-22(2,3)4/h5-7,12-13,15H,8-11,14H2,1-4H3,(H2,24,26). The molecule has 1 unspecified atom stereocenters. The third-order valence-electron chi connectivity index (χ3n) is 4.91. The van der Waals surface area contributed by atoms with Crippen LogP contribution in [0, 0.1) is 0 Å². The lowest BCUT2D eigenvalue weighted by Gasteiger charge is -2.35. The van der Waals surface area contributed by atoms with Crippen LogP contribution in [0.5, 0.6) is 5.75 Å². The molecule has 1 aromatic heterocycles. The Morgan fingerprint density at radius 3 is 2.58 bits per heavy atom. The van der Waals surface area contributed by atoms with Gasteiger partial charge >= 0.3 is 6.09 Å². The molecule has 9 heteroatoms. The molecule has 1 aliphatic rings. The summed E-state index contributed by atoms with van der Waals surface area (Å²) in [5.41, 5.74) is 7.56. The van der Waals surface area contributed by atoms with Gasteiger partial charge in [-0.3, -0.25) is 4.90 Å². The molecule has 0 aliphatic carbocycles. The lowest BCUT2D eigenvalue weighted by atomic mass is 10.1. The summed E-state index contributed by atoms with van der Waals surface area (Å²) in [7, 11) is 0. The highest BCUT2D eigenvalue weighted by Crippen LogP contribution is 2.27. The summed E-state index contributed by atoms with van der Waals surface area (Å²) in [6.45, 7) is 11.3. The zero-order valence-corrected chi connectivity index (χ0v) is 19.2. The zero-order chi connectivity index (χ0) is 22.6. The van der Waals surface area contributed by atoms with Gasteiger partial charge in [-0.2, -0.15) is 0 Å². The van der Waals surface area contributed by atoms with Crippen LogP contribution in [-0.4, -0.2) is 57.9 Å². The van der Waals surface area contributed by atoms with Crippen LogP contribution in [0.2, 0.25) is 5.15 Å². The minimum Gasteiger partial charge on any atom is -0.482 e. The van der Waals surface area contributed by atoms with Crippen LogP contribution in [0.15, 0.2) is 30.3 Å². The predicted octanol–water partition coefficient (Wildman–Crippen LogP) is 3.90. The van der Waals surface area contributed by atoms with Crippen molar-refractivity contribution in [2.24, 2.45) is 0 Å². The Morgan fingerprint density at radius 2 is 1.90 bits per heavy atom. The number of nitrogens with two attached hydrogens (primary N) is 1. The molecule has 1 aliphatic heterocycles. The van der Waals surface area contributed by atoms with Gasteiger partial charge in [0.15, 0.2) is 16.7 Å². The van der Waals surface area contributed by atoms with Crippen LogP contribution in [0.4, 0.5) is 10.6 Å². The number of rotatable bonds is 5. The van der Waals surface area contributed by atoms with Crippen LogP contribution in [-0.2, 0) is 11.3 Å². The van der Waals surface area contributed by atoms with Crippen molar-refractivity contribution in [1.29, 1.82) is 0 Å². The first-order chi connectivity index (χ1) is 14.6. The fourth-order valence-corrected chi connectivity index (χ4v) is 3.47. The second-order valence-electron chi connectivity index (χ2n) is 8.67. The van der Waals surface area contributed by atoms with Gasteiger partial charge < -0.3 is 20.1 Å². The SMILES string of the molecule is CC(Oc1cc(Cl)nnc1N)c1cccc(CN2CCN(C(=O)OC(C)(C)C)CC2)c1. The van der Waals surface area contributed by atoms with Crippen LogP contribution in [0.3, 0.4) is 0 Å². The van der Waals surface area contributed by atoms with Gasteiger partial charge in [0.25, 0.3) is 0 Å². The first-order valence-corrected chi connectivity index (χ1v) is 10.7. The van der Waals surface area contributed by atoms with Crippen molar-refractivity contribution in [2.45, 2.75) is 45.9 Å². The number of halogens is 1. The molecule has 1 aromatic carbocycles. The molecule has 0 saturated carbocycles. The summed E-state index contributed by atoms with van der Waals surface area (Å²) in [5.74, 6) is 0.617. The van der Waals surface area contributed by atoms with Crippen molar-refractivity contribution in [2.75, 3.05) is 31.9 Å². The van der Waals surface area contributed by atoms with Crippen molar-refractivity contribution in [3.05, 3.63) is 46.6 Å². The maximum Gasteiger partial charge on any atom is 0.410 e. The van der Waals surface area contributed by atoms with E-state index in [0.717, 1.165) is 25.2 Å². The Labute approximate surface area is 188 Å². The molecule has 1 atom stereocenters. The Morgan fingerprint density at radius 1 is 1.19 bits per heavy atom. The first-order valence-electron chi connectivity index (χ1n) is 10.4. The Bertz CT molecular complexity index is 910. The van der Waals surface area contributed by atoms with E-state index in [4.69, 9.17) is 26.8 Å². The monoisotopic (exact) mass is 447 g/mol. The maximum absolute atomic E-state index is 12.2. The van der Waals surface area contributed by atoms with Gasteiger partial charge in [0.05, 0.1) is 0 Å². The van der Waals surface area contributed by atoms with Crippen LogP contribution >= 0.6 is 11.6 Å². The summed E-state index contributed by atoms with van der Waals surface area (Å²) in [5, 5.41) is 7.72. The molecule has 2 heterocycles. The summed E-state index contributed by atoms with van der Waals surface area (Å²) in [6.07, 6.45) is -0.475. The average molecular weight is 448 g/mol. The van der Waals surface area contributed by atoms with Crippen LogP contribution < -0.4 is 10.5 Å². The second kappa shape index (κ2) is 9.70. The molecular weight excluding hydrogens is 418 g/mol. The maximum atomic E-state index is 12.2. The van der Waals surface area contributed by atoms with Gasteiger partial charge in [-0.15, -0.1) is 10.2 Å². The minimum absolute atomic E-state index is 0.204. The van der Waals surface area contributed by atoms with E-state index in [0.29, 0.717) is 18.8 Å². The number of benzene rings is 1. The van der Waals surface area contributed by atoms with Gasteiger partial charge in [0, 0.05) is 38.8 Å². The van der Waals surface area contributed by atoms with E-state index in [2.05, 4.69) is 27.2 Å². The number of ether oxygens (including phenoxy) is 2. The fourth-order valence-electron chi connectivity index (χ4n) is 3.33. The number of hydrogen-bond acceptors (Lipinski definition) is 7. The Hall–Kier alpha value is -2.58. The summed E-state index contributed by atoms with van der Waals surface area (Å²) in [4.78, 5) is 16.3. The number of hydrogen-bond donors (Lipinski definition) is 1. The normalized spacial score (nSPS) is 16.1. The molecule has 1 fully saturated rings. The summed E-state index contributed by atoms with van der Waals surface area (Å²) < 4.78 is 11.4. The lowest BCUT2D eigenvalue weighted by molar-refractivity contribution is 0.0139. The molecule has 1 amide bonds. The number of carbonyl (C=O) groups excluding carboxylic acids is 1. The van der Waals surface area contributed by atoms with Crippen molar-refractivity contribution >= 4 is 23.5 Å². The van der Waals surface area contributed by atoms with Crippen molar-refractivity contribution < 1.29 is 14.3 Å². The van der Waals surface area contributed by atoms with Crippen LogP contribution in [0.1, 0.15) is 44.9 Å². The number of nitrogens with zero attached hydrogens (tertiary/aromatic N) is 4. The highest BCUT2D eigenvalue weighted by atomic mass is 35.5. The number of piperazine rings is 1. The smallest absolute Gasteiger partial charge is 0.410 e. The van der Waals surface area contributed by atoms with E-state index in [1.807, 2.05) is 39.8 Å². The Balaban J connectivity index is 1.56. The van der Waals surface area contributed by atoms with Crippen LogP contribution in [0.25, 0.3) is 0 Å². The average Bonchev–Trinajstić information content (AvgIpc) is 2.70. The van der Waals surface area contributed by atoms with Gasteiger partial charge in [-0.05, 0) is 38.8 Å². The van der Waals surface area contributed by atoms with E-state index in [1.54, 1.807) is 11.0 Å². The topological polar surface area (TPSA) is 93.8 Å². The molecular formula is C22H30ClN5O3. The van der Waals surface area contributed by atoms with E-state index in [1.165, 1.54) is 5.56 Å². The molecule has 0 bridgehead atoms. The molecule has 1 saturated heterocycles. The molecule has 2 aromatic rings. The van der Waals surface area contributed by atoms with Crippen molar-refractivity contribution in [3.8, 4) is 5.75 Å². The molecule has 3 rings (SSSR count). The van der Waals surface area contributed by atoms with Gasteiger partial charge in [0.1, 0.15) is 11.7 Å². The quantitative estimate of drug-likeness (QED) is 0.742. The molecule has 168 valence electrons. The lowest BCUT2D eigenvalue weighted by Crippen LogP contribution is -2.49. The molecule has 0 radical (unpaired) electrons. The van der Waals surface area contributed by atoms with Crippen molar-refractivity contribution in [1.82, 2.24) is 20.0 Å². The molecule has 0 spiro atoms. The largest absolute Gasteiger partial charge is 0.482 e. The van der Waals surface area contributed by atoms with E-state index < -0.39 is 5.60 Å². The highest BCUT2D eigenvalue weighted by Gasteiger charge is 2.26.